The van der Waals surface area contributed by atoms with E-state index in [2.05, 4.69) is 31.5 Å². The topological polar surface area (TPSA) is 147 Å². The van der Waals surface area contributed by atoms with Gasteiger partial charge in [-0.1, -0.05) is 23.2 Å². The molecule has 0 radical (unpaired) electrons. The van der Waals surface area contributed by atoms with Crippen LogP contribution in [0.4, 0.5) is 32.3 Å². The summed E-state index contributed by atoms with van der Waals surface area (Å²) in [6.07, 6.45) is 3.35. The number of halogens is 2. The smallest absolute Gasteiger partial charge is 0.323 e. The monoisotopic (exact) mass is 698 g/mol. The molecule has 0 unspecified atom stereocenters. The maximum atomic E-state index is 12.2. The zero-order chi connectivity index (χ0) is 34.9. The highest BCUT2D eigenvalue weighted by Crippen LogP contribution is 2.33. The number of urea groups is 2. The first kappa shape index (κ1) is 34.4. The number of phenols is 1. The van der Waals surface area contributed by atoms with Gasteiger partial charge in [-0.25, -0.2) is 9.59 Å². The second-order valence-corrected chi connectivity index (χ2v) is 11.4. The summed E-state index contributed by atoms with van der Waals surface area (Å²) >= 11 is 11.7. The summed E-state index contributed by atoms with van der Waals surface area (Å²) in [4.78, 5) is 24.3. The Labute approximate surface area is 292 Å². The Morgan fingerprint density at radius 3 is 1.47 bits per heavy atom. The summed E-state index contributed by atoms with van der Waals surface area (Å²) in [5.74, 6) is 0.814. The summed E-state index contributed by atoms with van der Waals surface area (Å²) < 4.78 is 8.80. The third-order valence-electron chi connectivity index (χ3n) is 7.11. The van der Waals surface area contributed by atoms with Crippen molar-refractivity contribution in [2.24, 2.45) is 14.1 Å². The number of carbonyl (C=O) groups is 2. The first-order chi connectivity index (χ1) is 23.6. The molecule has 2 heterocycles. The van der Waals surface area contributed by atoms with Crippen LogP contribution in [-0.4, -0.2) is 43.8 Å². The number of aromatic nitrogens is 4. The Bertz CT molecular complexity index is 2060. The number of carbonyl (C=O) groups excluding carboxylic acids is 2. The van der Waals surface area contributed by atoms with E-state index in [0.29, 0.717) is 44.1 Å². The lowest BCUT2D eigenvalue weighted by molar-refractivity contribution is 0.261. The highest BCUT2D eigenvalue weighted by molar-refractivity contribution is 6.31. The molecule has 0 fully saturated rings. The summed E-state index contributed by atoms with van der Waals surface area (Å²) in [5.41, 5.74) is 5.53. The van der Waals surface area contributed by atoms with Gasteiger partial charge in [-0.15, -0.1) is 0 Å². The number of aryl methyl sites for hydroxylation is 2. The van der Waals surface area contributed by atoms with E-state index in [1.807, 2.05) is 19.2 Å². The number of rotatable bonds is 7. The van der Waals surface area contributed by atoms with E-state index in [1.54, 1.807) is 115 Å². The Balaban J connectivity index is 0.000000191. The first-order valence-corrected chi connectivity index (χ1v) is 15.5. The van der Waals surface area contributed by atoms with E-state index in [1.165, 1.54) is 6.07 Å². The molecule has 6 rings (SSSR count). The van der Waals surface area contributed by atoms with Gasteiger partial charge in [0.25, 0.3) is 0 Å². The number of benzene rings is 4. The normalized spacial score (nSPS) is 10.4. The molecule has 5 N–H and O–H groups in total. The van der Waals surface area contributed by atoms with Crippen LogP contribution < -0.4 is 26.0 Å². The molecule has 0 aliphatic rings. The molecule has 0 saturated carbocycles. The van der Waals surface area contributed by atoms with E-state index in [9.17, 15) is 14.7 Å². The van der Waals surface area contributed by atoms with Gasteiger partial charge in [-0.05, 0) is 97.1 Å². The molecule has 6 aromatic rings. The highest BCUT2D eigenvalue weighted by Gasteiger charge is 2.13. The van der Waals surface area contributed by atoms with Crippen LogP contribution in [0.5, 0.6) is 11.5 Å². The molecule has 0 saturated heterocycles. The number of nitrogens with one attached hydrogen (secondary N) is 4. The first-order valence-electron chi connectivity index (χ1n) is 14.7. The van der Waals surface area contributed by atoms with Crippen LogP contribution >= 0.6 is 23.2 Å². The van der Waals surface area contributed by atoms with Gasteiger partial charge < -0.3 is 31.1 Å². The highest BCUT2D eigenvalue weighted by atomic mass is 35.5. The lowest BCUT2D eigenvalue weighted by Gasteiger charge is -2.12. The van der Waals surface area contributed by atoms with Crippen LogP contribution in [0.2, 0.25) is 10.0 Å². The lowest BCUT2D eigenvalue weighted by atomic mass is 10.1. The molecule has 4 aromatic carbocycles. The van der Waals surface area contributed by atoms with Gasteiger partial charge in [-0.2, -0.15) is 10.2 Å². The standard InChI is InChI=1S/C18H17ClN4O2.C17H15ClN4O2/c1-23-16(9-10-20-23)15-11-14(7-8-17(15)25-2)22-18(24)21-13-5-3-12(19)4-6-13;1-22-15(8-9-19-22)14-10-13(6-7-16(14)23)21-17(24)20-12-4-2-11(18)3-5-12/h3-11H,1-2H3,(H2,21,22,24);2-10,23H,1H3,(H2,20,21,24). The second-order valence-electron chi connectivity index (χ2n) is 10.5. The Morgan fingerprint density at radius 2 is 1.02 bits per heavy atom. The maximum Gasteiger partial charge on any atom is 0.323 e. The van der Waals surface area contributed by atoms with Crippen molar-refractivity contribution in [2.75, 3.05) is 28.4 Å². The minimum Gasteiger partial charge on any atom is -0.507 e. The molecule has 0 aliphatic carbocycles. The molecule has 14 heteroatoms. The lowest BCUT2D eigenvalue weighted by Crippen LogP contribution is -2.19. The molecule has 2 aromatic heterocycles. The molecular formula is C35H32Cl2N8O4. The third-order valence-corrected chi connectivity index (χ3v) is 7.61. The van der Waals surface area contributed by atoms with E-state index < -0.39 is 0 Å². The number of hydrogen-bond acceptors (Lipinski definition) is 6. The number of hydrogen-bond donors (Lipinski definition) is 5. The fourth-order valence-electron chi connectivity index (χ4n) is 4.73. The largest absolute Gasteiger partial charge is 0.507 e. The zero-order valence-corrected chi connectivity index (χ0v) is 28.1. The Kier molecular flexibility index (Phi) is 11.0. The van der Waals surface area contributed by atoms with Gasteiger partial charge in [0.1, 0.15) is 11.5 Å². The quantitative estimate of drug-likeness (QED) is 0.106. The SMILES string of the molecule is COc1ccc(NC(=O)Nc2ccc(Cl)cc2)cc1-c1ccnn1C.Cn1nccc1-c1cc(NC(=O)Nc2ccc(Cl)cc2)ccc1O. The Hall–Kier alpha value is -5.98. The van der Waals surface area contributed by atoms with Gasteiger partial charge in [0.15, 0.2) is 0 Å². The van der Waals surface area contributed by atoms with Gasteiger partial charge in [0.05, 0.1) is 18.5 Å². The van der Waals surface area contributed by atoms with Gasteiger partial charge >= 0.3 is 12.1 Å². The van der Waals surface area contributed by atoms with Crippen molar-refractivity contribution < 1.29 is 19.4 Å². The van der Waals surface area contributed by atoms with Crippen LogP contribution in [0.3, 0.4) is 0 Å². The summed E-state index contributed by atoms with van der Waals surface area (Å²) in [6.45, 7) is 0. The summed E-state index contributed by atoms with van der Waals surface area (Å²) in [7, 11) is 5.24. The predicted octanol–water partition coefficient (Wildman–Crippen LogP) is 8.48. The number of anilines is 4. The van der Waals surface area contributed by atoms with Crippen LogP contribution in [0, 0.1) is 0 Å². The minimum absolute atomic E-state index is 0.113. The molecule has 0 aliphatic heterocycles. The van der Waals surface area contributed by atoms with E-state index >= 15 is 0 Å². The van der Waals surface area contributed by atoms with Gasteiger partial charge in [0.2, 0.25) is 0 Å². The average Bonchev–Trinajstić information content (AvgIpc) is 3.71. The fourth-order valence-corrected chi connectivity index (χ4v) is 4.99. The van der Waals surface area contributed by atoms with Gasteiger partial charge in [-0.3, -0.25) is 9.36 Å². The van der Waals surface area contributed by atoms with E-state index in [4.69, 9.17) is 27.9 Å². The minimum atomic E-state index is -0.390. The van der Waals surface area contributed by atoms with E-state index in [-0.39, 0.29) is 17.8 Å². The third kappa shape index (κ3) is 9.10. The second kappa shape index (κ2) is 15.7. The molecule has 0 spiro atoms. The molecule has 0 atom stereocenters. The van der Waals surface area contributed by atoms with Crippen LogP contribution in [0.15, 0.2) is 109 Å². The van der Waals surface area contributed by atoms with Crippen molar-refractivity contribution in [3.63, 3.8) is 0 Å². The molecular weight excluding hydrogens is 667 g/mol. The van der Waals surface area contributed by atoms with Crippen LogP contribution in [0.1, 0.15) is 0 Å². The van der Waals surface area contributed by atoms with Crippen molar-refractivity contribution in [1.82, 2.24) is 19.6 Å². The number of amides is 4. The number of aromatic hydroxyl groups is 1. The van der Waals surface area contributed by atoms with Gasteiger partial charge in [0, 0.05) is 70.4 Å². The average molecular weight is 700 g/mol. The summed E-state index contributed by atoms with van der Waals surface area (Å²) in [5, 5.41) is 30.5. The molecule has 49 heavy (non-hydrogen) atoms. The number of phenolic OH excluding ortho intramolecular Hbond substituents is 1. The summed E-state index contributed by atoms with van der Waals surface area (Å²) in [6, 6.07) is 26.9. The van der Waals surface area contributed by atoms with Crippen molar-refractivity contribution >= 4 is 58.0 Å². The molecule has 0 bridgehead atoms. The Morgan fingerprint density at radius 1 is 0.612 bits per heavy atom. The van der Waals surface area contributed by atoms with Crippen LogP contribution in [-0.2, 0) is 14.1 Å². The molecule has 4 amide bonds. The van der Waals surface area contributed by atoms with Crippen molar-refractivity contribution in [3.8, 4) is 34.0 Å². The predicted molar refractivity (Wildman–Crippen MR) is 194 cm³/mol. The van der Waals surface area contributed by atoms with E-state index in [0.717, 1.165) is 17.0 Å². The van der Waals surface area contributed by atoms with Crippen LogP contribution in [0.25, 0.3) is 22.5 Å². The number of ether oxygens (including phenoxy) is 1. The van der Waals surface area contributed by atoms with Crippen molar-refractivity contribution in [3.05, 3.63) is 120 Å². The maximum absolute atomic E-state index is 12.2. The number of nitrogens with zero attached hydrogens (tertiary/aromatic N) is 4. The molecule has 250 valence electrons. The molecule has 12 nitrogen and oxygen atoms in total. The zero-order valence-electron chi connectivity index (χ0n) is 26.6. The fraction of sp³-hybridized carbons (Fsp3) is 0.0857. The van der Waals surface area contributed by atoms with Crippen molar-refractivity contribution in [1.29, 1.82) is 0 Å². The number of methoxy groups -OCH3 is 1. The van der Waals surface area contributed by atoms with Crippen molar-refractivity contribution in [2.45, 2.75) is 0 Å².